The zero-order chi connectivity index (χ0) is 16.0. The van der Waals surface area contributed by atoms with Crippen molar-refractivity contribution < 1.29 is 18.0 Å². The van der Waals surface area contributed by atoms with Crippen LogP contribution in [0.3, 0.4) is 0 Å². The second-order valence-corrected chi connectivity index (χ2v) is 7.01. The number of carbonyl (C=O) groups is 1. The van der Waals surface area contributed by atoms with E-state index in [0.29, 0.717) is 17.6 Å². The molecule has 3 rings (SSSR count). The molecule has 23 heavy (non-hydrogen) atoms. The number of nitrogens with one attached hydrogen (secondary N) is 1. The number of amides is 1. The highest BCUT2D eigenvalue weighted by Gasteiger charge is 2.43. The second kappa shape index (κ2) is 6.61. The molecule has 0 radical (unpaired) electrons. The molecule has 0 aliphatic carbocycles. The Kier molecular flexibility index (Phi) is 5.33. The van der Waals surface area contributed by atoms with Crippen LogP contribution in [0.4, 0.5) is 13.2 Å². The van der Waals surface area contributed by atoms with E-state index in [1.54, 1.807) is 4.90 Å². The Morgan fingerprint density at radius 2 is 2.04 bits per heavy atom. The van der Waals surface area contributed by atoms with Crippen molar-refractivity contribution >= 4 is 34.2 Å². The van der Waals surface area contributed by atoms with Crippen LogP contribution in [-0.2, 0) is 6.18 Å². The maximum Gasteiger partial charge on any atom is 0.417 e. The number of hydrogen-bond acceptors (Lipinski definition) is 2. The Labute approximate surface area is 147 Å². The maximum atomic E-state index is 13.2. The lowest BCUT2D eigenvalue weighted by molar-refractivity contribution is -0.138. The van der Waals surface area contributed by atoms with Crippen LogP contribution in [0, 0.1) is 5.41 Å². The summed E-state index contributed by atoms with van der Waals surface area (Å²) < 4.78 is 39.8. The number of benzene rings is 1. The van der Waals surface area contributed by atoms with E-state index < -0.39 is 17.6 Å². The summed E-state index contributed by atoms with van der Waals surface area (Å²) in [7, 11) is 0. The molecule has 2 heterocycles. The molecule has 2 saturated heterocycles. The first-order valence-corrected chi connectivity index (χ1v) is 7.97. The van der Waals surface area contributed by atoms with E-state index in [-0.39, 0.29) is 23.4 Å². The van der Waals surface area contributed by atoms with Crippen molar-refractivity contribution in [2.24, 2.45) is 5.41 Å². The fraction of sp³-hybridized carbons (Fsp3) is 0.533. The van der Waals surface area contributed by atoms with Gasteiger partial charge in [0.1, 0.15) is 0 Å². The Morgan fingerprint density at radius 3 is 2.65 bits per heavy atom. The van der Waals surface area contributed by atoms with Crippen LogP contribution < -0.4 is 5.32 Å². The number of carbonyl (C=O) groups excluding carboxylic acids is 1. The van der Waals surface area contributed by atoms with Crippen LogP contribution in [0.1, 0.15) is 28.8 Å². The normalized spacial score (nSPS) is 24.1. The van der Waals surface area contributed by atoms with Crippen molar-refractivity contribution in [3.63, 3.8) is 0 Å². The van der Waals surface area contributed by atoms with E-state index >= 15 is 0 Å². The Hall–Kier alpha value is -0.790. The second-order valence-electron chi connectivity index (χ2n) is 6.09. The molecule has 1 atom stereocenters. The van der Waals surface area contributed by atoms with Crippen LogP contribution in [0.5, 0.6) is 0 Å². The van der Waals surface area contributed by atoms with Gasteiger partial charge in [0.05, 0.1) is 11.1 Å². The van der Waals surface area contributed by atoms with Gasteiger partial charge in [0.15, 0.2) is 0 Å². The summed E-state index contributed by atoms with van der Waals surface area (Å²) in [5.41, 5.74) is -1.10. The molecular weight excluding hydrogens is 397 g/mol. The summed E-state index contributed by atoms with van der Waals surface area (Å²) in [4.78, 5) is 14.1. The first-order valence-electron chi connectivity index (χ1n) is 7.18. The molecule has 1 aromatic carbocycles. The number of likely N-dealkylation sites (tertiary alicyclic amines) is 1. The van der Waals surface area contributed by atoms with E-state index in [2.05, 4.69) is 21.2 Å². The lowest BCUT2D eigenvalue weighted by Crippen LogP contribution is -2.34. The van der Waals surface area contributed by atoms with E-state index in [0.717, 1.165) is 32.0 Å². The molecule has 1 spiro atoms. The summed E-state index contributed by atoms with van der Waals surface area (Å²) in [5, 5.41) is 3.27. The summed E-state index contributed by atoms with van der Waals surface area (Å²) in [6.07, 6.45) is -2.71. The largest absolute Gasteiger partial charge is 0.417 e. The van der Waals surface area contributed by atoms with Gasteiger partial charge in [0.25, 0.3) is 5.91 Å². The predicted molar refractivity (Wildman–Crippen MR) is 86.8 cm³/mol. The zero-order valence-corrected chi connectivity index (χ0v) is 14.7. The van der Waals surface area contributed by atoms with Gasteiger partial charge in [-0.1, -0.05) is 15.9 Å². The van der Waals surface area contributed by atoms with Gasteiger partial charge >= 0.3 is 6.18 Å². The molecule has 2 aliphatic rings. The minimum atomic E-state index is -4.54. The van der Waals surface area contributed by atoms with E-state index in [1.807, 2.05) is 0 Å². The monoisotopic (exact) mass is 412 g/mol. The lowest BCUT2D eigenvalue weighted by atomic mass is 9.86. The van der Waals surface area contributed by atoms with Crippen LogP contribution in [-0.4, -0.2) is 37.0 Å². The minimum absolute atomic E-state index is 0. The Balaban J connectivity index is 0.00000192. The molecule has 0 bridgehead atoms. The van der Waals surface area contributed by atoms with Gasteiger partial charge in [-0.3, -0.25) is 4.79 Å². The molecule has 128 valence electrons. The number of rotatable bonds is 1. The smallest absolute Gasteiger partial charge is 0.338 e. The van der Waals surface area contributed by atoms with Crippen molar-refractivity contribution in [2.45, 2.75) is 19.0 Å². The third-order valence-electron chi connectivity index (χ3n) is 4.58. The number of nitrogens with zero attached hydrogens (tertiary/aromatic N) is 1. The minimum Gasteiger partial charge on any atom is -0.338 e. The van der Waals surface area contributed by atoms with Crippen LogP contribution in [0.25, 0.3) is 0 Å². The van der Waals surface area contributed by atoms with E-state index in [4.69, 9.17) is 0 Å². The van der Waals surface area contributed by atoms with Gasteiger partial charge in [0, 0.05) is 29.5 Å². The molecule has 8 heteroatoms. The van der Waals surface area contributed by atoms with E-state index in [9.17, 15) is 18.0 Å². The predicted octanol–water partition coefficient (Wildman–Crippen LogP) is 3.72. The quantitative estimate of drug-likeness (QED) is 0.761. The third-order valence-corrected chi connectivity index (χ3v) is 5.07. The van der Waals surface area contributed by atoms with E-state index in [1.165, 1.54) is 12.1 Å². The highest BCUT2D eigenvalue weighted by molar-refractivity contribution is 9.10. The first kappa shape index (κ1) is 18.5. The highest BCUT2D eigenvalue weighted by Crippen LogP contribution is 2.38. The highest BCUT2D eigenvalue weighted by atomic mass is 79.9. The van der Waals surface area contributed by atoms with Crippen molar-refractivity contribution in [2.75, 3.05) is 26.2 Å². The van der Waals surface area contributed by atoms with Gasteiger partial charge < -0.3 is 10.2 Å². The Morgan fingerprint density at radius 1 is 1.30 bits per heavy atom. The molecule has 0 saturated carbocycles. The topological polar surface area (TPSA) is 32.3 Å². The summed E-state index contributed by atoms with van der Waals surface area (Å²) in [6, 6.07) is 3.70. The average molecular weight is 414 g/mol. The number of halogens is 5. The van der Waals surface area contributed by atoms with Gasteiger partial charge in [-0.25, -0.2) is 0 Å². The number of alkyl halides is 3. The summed E-state index contributed by atoms with van der Waals surface area (Å²) in [5.74, 6) is -0.524. The SMILES string of the molecule is Cl.O=C(c1ccc(Br)cc1C(F)(F)F)N1CCC2(CCNC2)C1. The number of hydrogen-bond donors (Lipinski definition) is 1. The molecule has 2 fully saturated rings. The first-order chi connectivity index (χ1) is 10.3. The maximum absolute atomic E-state index is 13.2. The van der Waals surface area contributed by atoms with Gasteiger partial charge in [0.2, 0.25) is 0 Å². The molecular formula is C15H17BrClF3N2O. The molecule has 0 aromatic heterocycles. The molecule has 1 aromatic rings. The van der Waals surface area contributed by atoms with Crippen molar-refractivity contribution in [1.29, 1.82) is 0 Å². The Bertz CT molecular complexity index is 603. The van der Waals surface area contributed by atoms with Crippen molar-refractivity contribution in [1.82, 2.24) is 10.2 Å². The van der Waals surface area contributed by atoms with Gasteiger partial charge in [-0.15, -0.1) is 12.4 Å². The fourth-order valence-corrected chi connectivity index (χ4v) is 3.72. The lowest BCUT2D eigenvalue weighted by Gasteiger charge is -2.23. The molecule has 2 aliphatic heterocycles. The summed E-state index contributed by atoms with van der Waals surface area (Å²) >= 11 is 3.04. The van der Waals surface area contributed by atoms with Gasteiger partial charge in [-0.05, 0) is 37.6 Å². The zero-order valence-electron chi connectivity index (χ0n) is 12.3. The van der Waals surface area contributed by atoms with Crippen LogP contribution >= 0.6 is 28.3 Å². The van der Waals surface area contributed by atoms with Crippen LogP contribution in [0.15, 0.2) is 22.7 Å². The van der Waals surface area contributed by atoms with Crippen LogP contribution in [0.2, 0.25) is 0 Å². The standard InChI is InChI=1S/C15H16BrF3N2O.ClH/c16-10-1-2-11(12(7-10)15(17,18)19)13(22)21-6-4-14(9-21)3-5-20-8-14;/h1-2,7,20H,3-6,8-9H2;1H. The summed E-state index contributed by atoms with van der Waals surface area (Å²) in [6.45, 7) is 2.80. The molecule has 1 amide bonds. The van der Waals surface area contributed by atoms with Crippen molar-refractivity contribution in [3.8, 4) is 0 Å². The average Bonchev–Trinajstić information content (AvgIpc) is 3.08. The van der Waals surface area contributed by atoms with Crippen molar-refractivity contribution in [3.05, 3.63) is 33.8 Å². The molecule has 1 unspecified atom stereocenters. The van der Waals surface area contributed by atoms with Gasteiger partial charge in [-0.2, -0.15) is 13.2 Å². The molecule has 3 nitrogen and oxygen atoms in total. The molecule has 1 N–H and O–H groups in total. The fourth-order valence-electron chi connectivity index (χ4n) is 3.36. The third kappa shape index (κ3) is 3.67.